The number of methoxy groups -OCH3 is 1. The number of ether oxygens (including phenoxy) is 1. The molecular weight excluding hydrogens is 238 g/mol. The Morgan fingerprint density at radius 1 is 1.42 bits per heavy atom. The van der Waals surface area contributed by atoms with E-state index >= 15 is 0 Å². The van der Waals surface area contributed by atoms with Crippen molar-refractivity contribution in [3.63, 3.8) is 0 Å². The Balaban J connectivity index is 1.84. The second kappa shape index (κ2) is 5.37. The van der Waals surface area contributed by atoms with Crippen LogP contribution in [-0.2, 0) is 0 Å². The molecule has 1 unspecified atom stereocenters. The van der Waals surface area contributed by atoms with Gasteiger partial charge in [-0.15, -0.1) is 0 Å². The van der Waals surface area contributed by atoms with Gasteiger partial charge in [0.05, 0.1) is 19.0 Å². The van der Waals surface area contributed by atoms with Gasteiger partial charge in [-0.2, -0.15) is 0 Å². The molecule has 1 aliphatic heterocycles. The maximum absolute atomic E-state index is 5.50. The fourth-order valence-corrected chi connectivity index (χ4v) is 2.89. The number of nitrogens with zero attached hydrogens (tertiary/aromatic N) is 2. The summed E-state index contributed by atoms with van der Waals surface area (Å²) in [4.78, 5) is 6.86. The Morgan fingerprint density at radius 2 is 2.26 bits per heavy atom. The molecule has 1 saturated heterocycles. The second-order valence-corrected chi connectivity index (χ2v) is 5.67. The Kier molecular flexibility index (Phi) is 3.60. The van der Waals surface area contributed by atoms with Crippen LogP contribution in [0.1, 0.15) is 31.4 Å². The van der Waals surface area contributed by atoms with Crippen molar-refractivity contribution in [2.75, 3.05) is 25.1 Å². The normalized spacial score (nSPS) is 22.5. The van der Waals surface area contributed by atoms with E-state index in [4.69, 9.17) is 4.74 Å². The van der Waals surface area contributed by atoms with Crippen molar-refractivity contribution in [1.82, 2.24) is 10.3 Å². The summed E-state index contributed by atoms with van der Waals surface area (Å²) >= 11 is 0. The van der Waals surface area contributed by atoms with Crippen LogP contribution in [0.5, 0.6) is 5.75 Å². The van der Waals surface area contributed by atoms with Crippen molar-refractivity contribution in [2.24, 2.45) is 0 Å². The van der Waals surface area contributed by atoms with Gasteiger partial charge in [-0.25, -0.2) is 0 Å². The topological polar surface area (TPSA) is 37.4 Å². The lowest BCUT2D eigenvalue weighted by Gasteiger charge is -2.29. The molecule has 0 radical (unpaired) electrons. The Hall–Kier alpha value is -1.29. The zero-order valence-corrected chi connectivity index (χ0v) is 11.9. The van der Waals surface area contributed by atoms with Gasteiger partial charge in [-0.05, 0) is 45.2 Å². The molecular formula is C15H23N3O. The van der Waals surface area contributed by atoms with E-state index in [1.54, 1.807) is 7.11 Å². The quantitative estimate of drug-likeness (QED) is 0.881. The molecule has 1 aromatic rings. The van der Waals surface area contributed by atoms with Gasteiger partial charge in [-0.3, -0.25) is 4.98 Å². The summed E-state index contributed by atoms with van der Waals surface area (Å²) in [6.45, 7) is 4.29. The SMILES string of the molecule is COc1cnc(C)cc1N(CC1CCCN1)C1CC1. The van der Waals surface area contributed by atoms with Gasteiger partial charge in [0.1, 0.15) is 0 Å². The van der Waals surface area contributed by atoms with Crippen molar-refractivity contribution in [1.29, 1.82) is 0 Å². The number of anilines is 1. The number of nitrogens with one attached hydrogen (secondary N) is 1. The summed E-state index contributed by atoms with van der Waals surface area (Å²) in [5.74, 6) is 0.899. The van der Waals surface area contributed by atoms with E-state index in [-0.39, 0.29) is 0 Å². The fourth-order valence-electron chi connectivity index (χ4n) is 2.89. The van der Waals surface area contributed by atoms with Crippen LogP contribution in [0.3, 0.4) is 0 Å². The summed E-state index contributed by atoms with van der Waals surface area (Å²) in [7, 11) is 1.73. The van der Waals surface area contributed by atoms with Crippen LogP contribution < -0.4 is 15.0 Å². The van der Waals surface area contributed by atoms with E-state index < -0.39 is 0 Å². The highest BCUT2D eigenvalue weighted by Crippen LogP contribution is 2.37. The van der Waals surface area contributed by atoms with Crippen molar-refractivity contribution in [3.05, 3.63) is 18.0 Å². The fraction of sp³-hybridized carbons (Fsp3) is 0.667. The summed E-state index contributed by atoms with van der Waals surface area (Å²) in [6, 6.07) is 3.48. The number of rotatable bonds is 5. The Bertz CT molecular complexity index is 439. The average Bonchev–Trinajstić information content (AvgIpc) is 3.13. The number of hydrogen-bond donors (Lipinski definition) is 1. The third kappa shape index (κ3) is 2.84. The van der Waals surface area contributed by atoms with Crippen molar-refractivity contribution >= 4 is 5.69 Å². The van der Waals surface area contributed by atoms with Crippen LogP contribution in [0.2, 0.25) is 0 Å². The Morgan fingerprint density at radius 3 is 2.89 bits per heavy atom. The first-order valence-corrected chi connectivity index (χ1v) is 7.28. The molecule has 1 aromatic heterocycles. The highest BCUT2D eigenvalue weighted by Gasteiger charge is 2.33. The van der Waals surface area contributed by atoms with Crippen molar-refractivity contribution in [3.8, 4) is 5.75 Å². The van der Waals surface area contributed by atoms with Crippen LogP contribution in [-0.4, -0.2) is 37.3 Å². The molecule has 4 heteroatoms. The van der Waals surface area contributed by atoms with Crippen molar-refractivity contribution in [2.45, 2.75) is 44.7 Å². The number of pyridine rings is 1. The Labute approximate surface area is 115 Å². The van der Waals surface area contributed by atoms with Crippen LogP contribution in [0.15, 0.2) is 12.3 Å². The zero-order chi connectivity index (χ0) is 13.2. The van der Waals surface area contributed by atoms with Gasteiger partial charge in [0.25, 0.3) is 0 Å². The van der Waals surface area contributed by atoms with Gasteiger partial charge in [0.2, 0.25) is 0 Å². The molecule has 0 amide bonds. The first-order valence-electron chi connectivity index (χ1n) is 7.28. The highest BCUT2D eigenvalue weighted by molar-refractivity contribution is 5.59. The average molecular weight is 261 g/mol. The standard InChI is InChI=1S/C15H23N3O/c1-11-8-14(15(19-2)9-17-11)18(13-5-6-13)10-12-4-3-7-16-12/h8-9,12-13,16H,3-7,10H2,1-2H3. The minimum Gasteiger partial charge on any atom is -0.493 e. The lowest BCUT2D eigenvalue weighted by Crippen LogP contribution is -2.39. The van der Waals surface area contributed by atoms with E-state index in [0.29, 0.717) is 12.1 Å². The van der Waals surface area contributed by atoms with E-state index in [9.17, 15) is 0 Å². The van der Waals surface area contributed by atoms with E-state index in [0.717, 1.165) is 24.5 Å². The number of hydrogen-bond acceptors (Lipinski definition) is 4. The zero-order valence-electron chi connectivity index (χ0n) is 11.9. The molecule has 0 spiro atoms. The predicted molar refractivity (Wildman–Crippen MR) is 76.9 cm³/mol. The van der Waals surface area contributed by atoms with Crippen LogP contribution in [0.4, 0.5) is 5.69 Å². The maximum Gasteiger partial charge on any atom is 0.160 e. The molecule has 4 nitrogen and oxygen atoms in total. The van der Waals surface area contributed by atoms with Gasteiger partial charge >= 0.3 is 0 Å². The van der Waals surface area contributed by atoms with Gasteiger partial charge in [0, 0.05) is 24.3 Å². The van der Waals surface area contributed by atoms with Gasteiger partial charge in [0.15, 0.2) is 5.75 Å². The first-order chi connectivity index (χ1) is 9.28. The third-order valence-corrected chi connectivity index (χ3v) is 4.08. The van der Waals surface area contributed by atoms with E-state index in [1.807, 2.05) is 13.1 Å². The maximum atomic E-state index is 5.50. The molecule has 1 saturated carbocycles. The second-order valence-electron chi connectivity index (χ2n) is 5.67. The summed E-state index contributed by atoms with van der Waals surface area (Å²) in [5, 5.41) is 3.59. The lowest BCUT2D eigenvalue weighted by molar-refractivity contribution is 0.411. The lowest BCUT2D eigenvalue weighted by atomic mass is 10.2. The first kappa shape index (κ1) is 12.7. The molecule has 104 valence electrons. The molecule has 2 heterocycles. The molecule has 19 heavy (non-hydrogen) atoms. The molecule has 1 atom stereocenters. The summed E-state index contributed by atoms with van der Waals surface area (Å²) in [6.07, 6.45) is 7.04. The smallest absolute Gasteiger partial charge is 0.160 e. The van der Waals surface area contributed by atoms with Gasteiger partial charge < -0.3 is 15.0 Å². The van der Waals surface area contributed by atoms with Crippen LogP contribution in [0.25, 0.3) is 0 Å². The molecule has 1 N–H and O–H groups in total. The monoisotopic (exact) mass is 261 g/mol. The summed E-state index contributed by atoms with van der Waals surface area (Å²) in [5.41, 5.74) is 2.27. The molecule has 1 aliphatic carbocycles. The van der Waals surface area contributed by atoms with Gasteiger partial charge in [-0.1, -0.05) is 0 Å². The minimum atomic E-state index is 0.624. The predicted octanol–water partition coefficient (Wildman–Crippen LogP) is 2.12. The van der Waals surface area contributed by atoms with Crippen LogP contribution in [0, 0.1) is 6.92 Å². The molecule has 2 fully saturated rings. The molecule has 0 bridgehead atoms. The number of aryl methyl sites for hydroxylation is 1. The highest BCUT2D eigenvalue weighted by atomic mass is 16.5. The van der Waals surface area contributed by atoms with E-state index in [2.05, 4.69) is 21.3 Å². The van der Waals surface area contributed by atoms with E-state index in [1.165, 1.54) is 31.4 Å². The molecule has 2 aliphatic rings. The van der Waals surface area contributed by atoms with Crippen molar-refractivity contribution < 1.29 is 4.74 Å². The molecule has 3 rings (SSSR count). The largest absolute Gasteiger partial charge is 0.493 e. The molecule has 0 aromatic carbocycles. The minimum absolute atomic E-state index is 0.624. The third-order valence-electron chi connectivity index (χ3n) is 4.08. The summed E-state index contributed by atoms with van der Waals surface area (Å²) < 4.78 is 5.50. The number of aromatic nitrogens is 1. The van der Waals surface area contributed by atoms with Crippen LogP contribution >= 0.6 is 0 Å².